The van der Waals surface area contributed by atoms with Gasteiger partial charge in [0.05, 0.1) is 10.6 Å². The van der Waals surface area contributed by atoms with Crippen LogP contribution in [0.15, 0.2) is 34.9 Å². The lowest BCUT2D eigenvalue weighted by atomic mass is 10.2. The Hall–Kier alpha value is -2.51. The zero-order chi connectivity index (χ0) is 17.6. The van der Waals surface area contributed by atoms with Crippen molar-refractivity contribution in [3.63, 3.8) is 0 Å². The molecule has 1 aromatic carbocycles. The standard InChI is InChI=1S/C17H20N4O2S/c1-24(22,23)17-7-6-15(20-13-14(11-18)12-19)10-16(17)21-8-4-2-3-5-9-21/h6-7,10,13,20H,2-5,8-9H2,1H3. The summed E-state index contributed by atoms with van der Waals surface area (Å²) < 4.78 is 24.2. The zero-order valence-electron chi connectivity index (χ0n) is 13.6. The highest BCUT2D eigenvalue weighted by Crippen LogP contribution is 2.30. The van der Waals surface area contributed by atoms with Crippen molar-refractivity contribution in [3.8, 4) is 12.1 Å². The van der Waals surface area contributed by atoms with Crippen LogP contribution in [0.3, 0.4) is 0 Å². The minimum Gasteiger partial charge on any atom is -0.370 e. The number of allylic oxidation sites excluding steroid dienone is 1. The monoisotopic (exact) mass is 344 g/mol. The Labute approximate surface area is 142 Å². The molecule has 24 heavy (non-hydrogen) atoms. The maximum atomic E-state index is 12.1. The zero-order valence-corrected chi connectivity index (χ0v) is 14.4. The van der Waals surface area contributed by atoms with Gasteiger partial charge in [-0.15, -0.1) is 0 Å². The summed E-state index contributed by atoms with van der Waals surface area (Å²) in [4.78, 5) is 2.41. The Morgan fingerprint density at radius 1 is 1.17 bits per heavy atom. The Balaban J connectivity index is 2.41. The molecule has 0 bridgehead atoms. The van der Waals surface area contributed by atoms with Crippen LogP contribution in [0.5, 0.6) is 0 Å². The van der Waals surface area contributed by atoms with Gasteiger partial charge in [-0.3, -0.25) is 0 Å². The number of anilines is 2. The number of nitriles is 2. The number of rotatable bonds is 4. The molecule has 126 valence electrons. The number of nitrogens with zero attached hydrogens (tertiary/aromatic N) is 3. The highest BCUT2D eigenvalue weighted by molar-refractivity contribution is 7.90. The van der Waals surface area contributed by atoms with Crippen molar-refractivity contribution in [1.82, 2.24) is 0 Å². The van der Waals surface area contributed by atoms with Crippen LogP contribution >= 0.6 is 0 Å². The fraction of sp³-hybridized carbons (Fsp3) is 0.412. The van der Waals surface area contributed by atoms with Crippen molar-refractivity contribution >= 4 is 21.2 Å². The smallest absolute Gasteiger partial charge is 0.177 e. The second-order valence-electron chi connectivity index (χ2n) is 5.78. The van der Waals surface area contributed by atoms with E-state index in [1.807, 2.05) is 0 Å². The predicted octanol–water partition coefficient (Wildman–Crippen LogP) is 2.81. The van der Waals surface area contributed by atoms with E-state index < -0.39 is 9.84 Å². The summed E-state index contributed by atoms with van der Waals surface area (Å²) in [5, 5.41) is 20.4. The first-order valence-corrected chi connectivity index (χ1v) is 9.71. The third-order valence-corrected chi connectivity index (χ3v) is 5.07. The van der Waals surface area contributed by atoms with E-state index in [1.165, 1.54) is 12.5 Å². The molecule has 0 saturated carbocycles. The molecule has 0 atom stereocenters. The molecule has 0 amide bonds. The van der Waals surface area contributed by atoms with E-state index >= 15 is 0 Å². The fourth-order valence-electron chi connectivity index (χ4n) is 2.72. The van der Waals surface area contributed by atoms with Gasteiger partial charge in [0.1, 0.15) is 17.7 Å². The molecule has 0 aliphatic carbocycles. The maximum absolute atomic E-state index is 12.1. The third-order valence-electron chi connectivity index (χ3n) is 3.93. The predicted molar refractivity (Wildman–Crippen MR) is 93.2 cm³/mol. The molecular weight excluding hydrogens is 324 g/mol. The lowest BCUT2D eigenvalue weighted by Crippen LogP contribution is -2.25. The van der Waals surface area contributed by atoms with Gasteiger partial charge in [-0.05, 0) is 31.0 Å². The van der Waals surface area contributed by atoms with Crippen LogP contribution in [0.25, 0.3) is 0 Å². The second-order valence-corrected chi connectivity index (χ2v) is 7.77. The van der Waals surface area contributed by atoms with Crippen molar-refractivity contribution in [2.75, 3.05) is 29.6 Å². The molecule has 1 N–H and O–H groups in total. The molecule has 1 aliphatic heterocycles. The first-order chi connectivity index (χ1) is 11.5. The number of hydrogen-bond acceptors (Lipinski definition) is 6. The van der Waals surface area contributed by atoms with Crippen molar-refractivity contribution in [2.24, 2.45) is 0 Å². The number of benzene rings is 1. The van der Waals surface area contributed by atoms with E-state index in [0.29, 0.717) is 16.3 Å². The first-order valence-electron chi connectivity index (χ1n) is 7.81. The molecule has 1 aliphatic rings. The number of hydrogen-bond donors (Lipinski definition) is 1. The van der Waals surface area contributed by atoms with Gasteiger partial charge in [-0.25, -0.2) is 8.42 Å². The summed E-state index contributed by atoms with van der Waals surface area (Å²) >= 11 is 0. The largest absolute Gasteiger partial charge is 0.370 e. The molecule has 2 rings (SSSR count). The third kappa shape index (κ3) is 4.50. The Morgan fingerprint density at radius 3 is 2.33 bits per heavy atom. The van der Waals surface area contributed by atoms with Crippen LogP contribution in [0, 0.1) is 22.7 Å². The highest BCUT2D eigenvalue weighted by Gasteiger charge is 2.19. The van der Waals surface area contributed by atoms with Crippen LogP contribution < -0.4 is 10.2 Å². The molecule has 7 heteroatoms. The van der Waals surface area contributed by atoms with Crippen molar-refractivity contribution < 1.29 is 8.42 Å². The topological polar surface area (TPSA) is 97.0 Å². The van der Waals surface area contributed by atoms with Crippen molar-refractivity contribution in [2.45, 2.75) is 30.6 Å². The van der Waals surface area contributed by atoms with Crippen LogP contribution in [0.4, 0.5) is 11.4 Å². The van der Waals surface area contributed by atoms with E-state index in [4.69, 9.17) is 10.5 Å². The Kier molecular flexibility index (Phi) is 5.83. The first kappa shape index (κ1) is 17.8. The van der Waals surface area contributed by atoms with E-state index in [1.54, 1.807) is 30.3 Å². The number of nitrogens with one attached hydrogen (secondary N) is 1. The van der Waals surface area contributed by atoms with E-state index in [2.05, 4.69) is 10.2 Å². The molecule has 0 unspecified atom stereocenters. The minimum atomic E-state index is -3.34. The minimum absolute atomic E-state index is 0.0430. The quantitative estimate of drug-likeness (QED) is 0.844. The molecule has 1 saturated heterocycles. The van der Waals surface area contributed by atoms with Gasteiger partial charge in [-0.1, -0.05) is 12.8 Å². The van der Waals surface area contributed by atoms with E-state index in [9.17, 15) is 8.42 Å². The number of sulfone groups is 1. The molecule has 1 fully saturated rings. The maximum Gasteiger partial charge on any atom is 0.177 e. The van der Waals surface area contributed by atoms with Gasteiger partial charge in [0.25, 0.3) is 0 Å². The summed E-state index contributed by atoms with van der Waals surface area (Å²) in [6.07, 6.45) is 6.90. The van der Waals surface area contributed by atoms with Gasteiger partial charge in [-0.2, -0.15) is 10.5 Å². The lowest BCUT2D eigenvalue weighted by Gasteiger charge is -2.25. The fourth-order valence-corrected chi connectivity index (χ4v) is 3.61. The molecule has 1 heterocycles. The molecule has 0 radical (unpaired) electrons. The van der Waals surface area contributed by atoms with Crippen LogP contribution in [-0.2, 0) is 9.84 Å². The summed E-state index contributed by atoms with van der Waals surface area (Å²) in [7, 11) is -3.34. The van der Waals surface area contributed by atoms with Crippen molar-refractivity contribution in [3.05, 3.63) is 30.0 Å². The molecular formula is C17H20N4O2S. The van der Waals surface area contributed by atoms with Gasteiger partial charge < -0.3 is 10.2 Å². The summed E-state index contributed by atoms with van der Waals surface area (Å²) in [6.45, 7) is 1.65. The van der Waals surface area contributed by atoms with Gasteiger partial charge in [0.2, 0.25) is 0 Å². The Bertz CT molecular complexity index is 792. The van der Waals surface area contributed by atoms with Crippen molar-refractivity contribution in [1.29, 1.82) is 10.5 Å². The molecule has 0 spiro atoms. The highest BCUT2D eigenvalue weighted by atomic mass is 32.2. The normalized spacial score (nSPS) is 14.9. The average molecular weight is 344 g/mol. The summed E-state index contributed by atoms with van der Waals surface area (Å²) in [5.41, 5.74) is 1.27. The van der Waals surface area contributed by atoms with Gasteiger partial charge in [0.15, 0.2) is 9.84 Å². The van der Waals surface area contributed by atoms with Gasteiger partial charge >= 0.3 is 0 Å². The molecule has 6 nitrogen and oxygen atoms in total. The molecule has 1 aromatic rings. The van der Waals surface area contributed by atoms with Crippen LogP contribution in [-0.4, -0.2) is 27.8 Å². The van der Waals surface area contributed by atoms with Gasteiger partial charge in [0, 0.05) is 31.2 Å². The lowest BCUT2D eigenvalue weighted by molar-refractivity contribution is 0.601. The Morgan fingerprint density at radius 2 is 1.79 bits per heavy atom. The van der Waals surface area contributed by atoms with E-state index in [-0.39, 0.29) is 5.57 Å². The van der Waals surface area contributed by atoms with Crippen LogP contribution in [0.1, 0.15) is 25.7 Å². The van der Waals surface area contributed by atoms with E-state index in [0.717, 1.165) is 38.8 Å². The SMILES string of the molecule is CS(=O)(=O)c1ccc(NC=C(C#N)C#N)cc1N1CCCCCC1. The second kappa shape index (κ2) is 7.85. The van der Waals surface area contributed by atoms with Crippen LogP contribution in [0.2, 0.25) is 0 Å². The average Bonchev–Trinajstić information content (AvgIpc) is 2.84. The summed E-state index contributed by atoms with van der Waals surface area (Å²) in [6, 6.07) is 8.53. The molecule has 0 aromatic heterocycles. The summed E-state index contributed by atoms with van der Waals surface area (Å²) in [5.74, 6) is 0.